The zero-order chi connectivity index (χ0) is 18.1. The lowest BCUT2D eigenvalue weighted by Crippen LogP contribution is -2.37. The van der Waals surface area contributed by atoms with Crippen molar-refractivity contribution in [1.29, 1.82) is 0 Å². The maximum absolute atomic E-state index is 12.1. The lowest BCUT2D eigenvalue weighted by Gasteiger charge is -2.29. The van der Waals surface area contributed by atoms with Crippen molar-refractivity contribution in [1.82, 2.24) is 9.55 Å². The number of ether oxygens (including phenoxy) is 3. The van der Waals surface area contributed by atoms with Crippen LogP contribution in [0, 0.1) is 0 Å². The Morgan fingerprint density at radius 3 is 2.50 bits per heavy atom. The van der Waals surface area contributed by atoms with Crippen molar-refractivity contribution in [3.8, 4) is 0 Å². The molecule has 2 rings (SSSR count). The molecule has 1 unspecified atom stereocenters. The van der Waals surface area contributed by atoms with Gasteiger partial charge in [-0.25, -0.2) is 4.79 Å². The van der Waals surface area contributed by atoms with Crippen molar-refractivity contribution in [2.45, 2.75) is 77.6 Å². The maximum atomic E-state index is 12.1. The van der Waals surface area contributed by atoms with Gasteiger partial charge in [-0.3, -0.25) is 4.57 Å². The molecule has 2 N–H and O–H groups in total. The van der Waals surface area contributed by atoms with E-state index in [9.17, 15) is 4.79 Å². The number of nitrogens with two attached hydrogens (primary N) is 1. The Hall–Kier alpha value is -1.44. The summed E-state index contributed by atoms with van der Waals surface area (Å²) >= 11 is 0. The third-order valence-electron chi connectivity index (χ3n) is 3.53. The zero-order valence-electron chi connectivity index (χ0n) is 15.4. The number of nitrogen functional groups attached to an aromatic ring is 1. The lowest BCUT2D eigenvalue weighted by atomic mass is 10.1. The summed E-state index contributed by atoms with van der Waals surface area (Å²) in [5.41, 5.74) is 4.54. The normalized spacial score (nSPS) is 25.2. The average molecular weight is 339 g/mol. The van der Waals surface area contributed by atoms with E-state index in [2.05, 4.69) is 4.98 Å². The molecule has 1 aliphatic rings. The highest BCUT2D eigenvalue weighted by molar-refractivity contribution is 5.23. The summed E-state index contributed by atoms with van der Waals surface area (Å²) in [5, 5.41) is 0. The van der Waals surface area contributed by atoms with Gasteiger partial charge in [0.15, 0.2) is 0 Å². The van der Waals surface area contributed by atoms with Crippen molar-refractivity contribution in [3.63, 3.8) is 0 Å². The Kier molecular flexibility index (Phi) is 5.37. The molecule has 0 amide bonds. The zero-order valence-corrected chi connectivity index (χ0v) is 15.4. The van der Waals surface area contributed by atoms with Crippen LogP contribution in [0.15, 0.2) is 17.1 Å². The minimum atomic E-state index is -0.438. The number of hydrogen-bond acceptors (Lipinski definition) is 6. The molecule has 24 heavy (non-hydrogen) atoms. The Labute approximate surface area is 143 Å². The smallest absolute Gasteiger partial charge is 0.351 e. The van der Waals surface area contributed by atoms with Gasteiger partial charge in [0, 0.05) is 12.6 Å². The van der Waals surface area contributed by atoms with Crippen molar-refractivity contribution < 1.29 is 14.2 Å². The van der Waals surface area contributed by atoms with E-state index in [1.807, 2.05) is 41.5 Å². The second-order valence-corrected chi connectivity index (χ2v) is 8.10. The molecule has 2 heterocycles. The summed E-state index contributed by atoms with van der Waals surface area (Å²) in [6.45, 7) is 12.4. The molecular formula is C17H29N3O4. The van der Waals surface area contributed by atoms with Crippen LogP contribution >= 0.6 is 0 Å². The van der Waals surface area contributed by atoms with E-state index >= 15 is 0 Å². The van der Waals surface area contributed by atoms with Crippen LogP contribution in [0.25, 0.3) is 0 Å². The molecule has 7 heteroatoms. The van der Waals surface area contributed by atoms with E-state index in [1.165, 1.54) is 4.57 Å². The molecule has 7 nitrogen and oxygen atoms in total. The first-order valence-corrected chi connectivity index (χ1v) is 8.26. The molecule has 0 spiro atoms. The number of anilines is 1. The molecule has 136 valence electrons. The molecule has 1 aromatic heterocycles. The van der Waals surface area contributed by atoms with Crippen molar-refractivity contribution in [2.24, 2.45) is 0 Å². The first kappa shape index (κ1) is 18.9. The van der Waals surface area contributed by atoms with E-state index in [1.54, 1.807) is 12.3 Å². The number of aromatic nitrogens is 2. The SMILES string of the molecule is CC(C)(C)OC[C@H]1O[C@@H](n2ccc(N)nc2=O)CC1OC(C)(C)C. The van der Waals surface area contributed by atoms with Crippen LogP contribution in [0.5, 0.6) is 0 Å². The Morgan fingerprint density at radius 1 is 1.29 bits per heavy atom. The minimum absolute atomic E-state index is 0.165. The first-order chi connectivity index (χ1) is 10.9. The first-order valence-electron chi connectivity index (χ1n) is 8.26. The summed E-state index contributed by atoms with van der Waals surface area (Å²) < 4.78 is 19.5. The van der Waals surface area contributed by atoms with Crippen LogP contribution in [0.2, 0.25) is 0 Å². The molecular weight excluding hydrogens is 310 g/mol. The van der Waals surface area contributed by atoms with Gasteiger partial charge in [-0.2, -0.15) is 4.98 Å². The molecule has 3 atom stereocenters. The average Bonchev–Trinajstić information content (AvgIpc) is 2.76. The second kappa shape index (κ2) is 6.82. The van der Waals surface area contributed by atoms with Gasteiger partial charge in [0.05, 0.1) is 23.9 Å². The van der Waals surface area contributed by atoms with Gasteiger partial charge in [0.25, 0.3) is 0 Å². The number of nitrogens with zero attached hydrogens (tertiary/aromatic N) is 2. The summed E-state index contributed by atoms with van der Waals surface area (Å²) in [6, 6.07) is 1.59. The quantitative estimate of drug-likeness (QED) is 0.904. The predicted octanol–water partition coefficient (Wildman–Crippen LogP) is 2.11. The fourth-order valence-corrected chi connectivity index (χ4v) is 2.58. The standard InChI is InChI=1S/C17H29N3O4/c1-16(2,3)22-10-12-11(24-17(4,5)6)9-14(23-12)20-8-7-13(18)19-15(20)21/h7-8,11-12,14H,9-10H2,1-6H3,(H2,18,19,21)/t11?,12-,14-/m1/s1. The highest BCUT2D eigenvalue weighted by Crippen LogP contribution is 2.33. The summed E-state index contributed by atoms with van der Waals surface area (Å²) in [5.74, 6) is 0.198. The fourth-order valence-electron chi connectivity index (χ4n) is 2.58. The fraction of sp³-hybridized carbons (Fsp3) is 0.765. The van der Waals surface area contributed by atoms with E-state index < -0.39 is 11.9 Å². The van der Waals surface area contributed by atoms with Gasteiger partial charge in [-0.1, -0.05) is 0 Å². The Balaban J connectivity index is 2.17. The van der Waals surface area contributed by atoms with E-state index in [4.69, 9.17) is 19.9 Å². The van der Waals surface area contributed by atoms with Crippen LogP contribution in [-0.2, 0) is 14.2 Å². The van der Waals surface area contributed by atoms with Crippen LogP contribution in [0.1, 0.15) is 54.2 Å². The molecule has 1 aromatic rings. The van der Waals surface area contributed by atoms with Gasteiger partial charge in [0.1, 0.15) is 18.1 Å². The molecule has 0 radical (unpaired) electrons. The van der Waals surface area contributed by atoms with Gasteiger partial charge in [-0.15, -0.1) is 0 Å². The Morgan fingerprint density at radius 2 is 1.96 bits per heavy atom. The molecule has 1 saturated heterocycles. The summed E-state index contributed by atoms with van der Waals surface area (Å²) in [7, 11) is 0. The molecule has 0 bridgehead atoms. The van der Waals surface area contributed by atoms with E-state index in [0.717, 1.165) is 0 Å². The summed E-state index contributed by atoms with van der Waals surface area (Å²) in [6.07, 6.45) is 1.31. The van der Waals surface area contributed by atoms with E-state index in [0.29, 0.717) is 13.0 Å². The third-order valence-corrected chi connectivity index (χ3v) is 3.53. The maximum Gasteiger partial charge on any atom is 0.351 e. The molecule has 1 aliphatic heterocycles. The molecule has 0 aliphatic carbocycles. The third kappa shape index (κ3) is 5.29. The van der Waals surface area contributed by atoms with Crippen molar-refractivity contribution in [2.75, 3.05) is 12.3 Å². The van der Waals surface area contributed by atoms with Gasteiger partial charge >= 0.3 is 5.69 Å². The topological polar surface area (TPSA) is 88.6 Å². The van der Waals surface area contributed by atoms with Crippen LogP contribution < -0.4 is 11.4 Å². The molecule has 0 saturated carbocycles. The largest absolute Gasteiger partial charge is 0.383 e. The van der Waals surface area contributed by atoms with Crippen LogP contribution in [0.4, 0.5) is 5.82 Å². The Bertz CT molecular complexity index is 615. The predicted molar refractivity (Wildman–Crippen MR) is 91.8 cm³/mol. The van der Waals surface area contributed by atoms with Crippen LogP contribution in [-0.4, -0.2) is 39.6 Å². The van der Waals surface area contributed by atoms with Crippen LogP contribution in [0.3, 0.4) is 0 Å². The number of hydrogen-bond donors (Lipinski definition) is 1. The van der Waals surface area contributed by atoms with Gasteiger partial charge in [0.2, 0.25) is 0 Å². The minimum Gasteiger partial charge on any atom is -0.383 e. The van der Waals surface area contributed by atoms with E-state index in [-0.39, 0.29) is 29.2 Å². The number of rotatable bonds is 4. The lowest BCUT2D eigenvalue weighted by molar-refractivity contribution is -0.132. The van der Waals surface area contributed by atoms with Crippen molar-refractivity contribution >= 4 is 5.82 Å². The monoisotopic (exact) mass is 339 g/mol. The highest BCUT2D eigenvalue weighted by atomic mass is 16.6. The second-order valence-electron chi connectivity index (χ2n) is 8.10. The van der Waals surface area contributed by atoms with Gasteiger partial charge < -0.3 is 19.9 Å². The highest BCUT2D eigenvalue weighted by Gasteiger charge is 2.40. The molecule has 1 fully saturated rings. The van der Waals surface area contributed by atoms with Crippen molar-refractivity contribution in [3.05, 3.63) is 22.7 Å². The molecule has 0 aromatic carbocycles. The van der Waals surface area contributed by atoms with Gasteiger partial charge in [-0.05, 0) is 47.6 Å². The summed E-state index contributed by atoms with van der Waals surface area (Å²) in [4.78, 5) is 15.8.